The van der Waals surface area contributed by atoms with Crippen LogP contribution in [0.4, 0.5) is 0 Å². The van der Waals surface area contributed by atoms with E-state index in [0.717, 1.165) is 5.39 Å². The molecular formula is C18H21N5O2. The molecule has 130 valence electrons. The molecule has 0 aromatic carbocycles. The fourth-order valence-electron chi connectivity index (χ4n) is 2.71. The minimum atomic E-state index is -0.213. The zero-order chi connectivity index (χ0) is 17.8. The van der Waals surface area contributed by atoms with Crippen LogP contribution in [0, 0.1) is 17.2 Å². The predicted molar refractivity (Wildman–Crippen MR) is 94.7 cm³/mol. The van der Waals surface area contributed by atoms with Crippen LogP contribution in [-0.2, 0) is 0 Å². The van der Waals surface area contributed by atoms with Gasteiger partial charge in [-0.3, -0.25) is 4.79 Å². The van der Waals surface area contributed by atoms with Crippen LogP contribution in [0.25, 0.3) is 22.5 Å². The highest BCUT2D eigenvalue weighted by Crippen LogP contribution is 2.27. The molecule has 0 fully saturated rings. The number of rotatable bonds is 6. The van der Waals surface area contributed by atoms with Crippen molar-refractivity contribution in [3.63, 3.8) is 0 Å². The van der Waals surface area contributed by atoms with Crippen molar-refractivity contribution in [3.05, 3.63) is 36.5 Å². The molecule has 0 spiro atoms. The van der Waals surface area contributed by atoms with Crippen LogP contribution < -0.4 is 0 Å². The number of nitrogens with zero attached hydrogens (tertiary/aromatic N) is 4. The Bertz CT molecular complexity index is 925. The van der Waals surface area contributed by atoms with E-state index in [1.165, 1.54) is 6.33 Å². The second-order valence-corrected chi connectivity index (χ2v) is 6.18. The Balaban J connectivity index is 0.00000243. The predicted octanol–water partition coefficient (Wildman–Crippen LogP) is 3.48. The lowest BCUT2D eigenvalue weighted by molar-refractivity contribution is 0.0709. The zero-order valence-corrected chi connectivity index (χ0v) is 14.2. The van der Waals surface area contributed by atoms with Gasteiger partial charge in [0.2, 0.25) is 0 Å². The molecule has 0 saturated carbocycles. The van der Waals surface area contributed by atoms with Gasteiger partial charge in [0, 0.05) is 26.1 Å². The number of aromatic amines is 1. The van der Waals surface area contributed by atoms with Crippen molar-refractivity contribution in [1.82, 2.24) is 19.9 Å². The van der Waals surface area contributed by atoms with Gasteiger partial charge in [-0.1, -0.05) is 13.8 Å². The third kappa shape index (κ3) is 3.53. The normalized spacial score (nSPS) is 11.0. The Kier molecular flexibility index (Phi) is 4.80. The summed E-state index contributed by atoms with van der Waals surface area (Å²) in [6.07, 6.45) is 3.53. The number of furan rings is 1. The van der Waals surface area contributed by atoms with Gasteiger partial charge in [0.15, 0.2) is 11.5 Å². The number of aromatic nitrogens is 3. The number of amides is 1. The second kappa shape index (κ2) is 7.18. The Labute approximate surface area is 146 Å². The van der Waals surface area contributed by atoms with Crippen molar-refractivity contribution in [2.24, 2.45) is 5.92 Å². The summed E-state index contributed by atoms with van der Waals surface area (Å²) in [7, 11) is 0. The van der Waals surface area contributed by atoms with E-state index in [9.17, 15) is 4.79 Å². The fraction of sp³-hybridized carbons (Fsp3) is 0.333. The molecule has 0 radical (unpaired) electrons. The van der Waals surface area contributed by atoms with Crippen molar-refractivity contribution in [1.29, 1.82) is 5.26 Å². The second-order valence-electron chi connectivity index (χ2n) is 6.18. The maximum atomic E-state index is 12.7. The molecule has 7 heteroatoms. The number of H-pyrrole nitrogens is 1. The van der Waals surface area contributed by atoms with E-state index >= 15 is 0 Å². The molecule has 0 aliphatic rings. The molecule has 0 saturated heterocycles. The van der Waals surface area contributed by atoms with E-state index in [1.54, 1.807) is 23.2 Å². The Hall–Kier alpha value is -3.14. The van der Waals surface area contributed by atoms with Gasteiger partial charge in [-0.05, 0) is 24.1 Å². The lowest BCUT2D eigenvalue weighted by atomic mass is 10.2. The molecule has 0 aliphatic heterocycles. The molecule has 0 atom stereocenters. The van der Waals surface area contributed by atoms with E-state index < -0.39 is 0 Å². The average Bonchev–Trinajstić information content (AvgIpc) is 3.26. The maximum Gasteiger partial charge on any atom is 0.289 e. The quantitative estimate of drug-likeness (QED) is 0.741. The van der Waals surface area contributed by atoms with Gasteiger partial charge in [0.25, 0.3) is 5.91 Å². The summed E-state index contributed by atoms with van der Waals surface area (Å²) < 4.78 is 5.77. The Morgan fingerprint density at radius 3 is 3.00 bits per heavy atom. The molecule has 1 amide bonds. The van der Waals surface area contributed by atoms with Crippen molar-refractivity contribution in [3.8, 4) is 17.5 Å². The first-order chi connectivity index (χ1) is 12.1. The molecule has 3 rings (SSSR count). The van der Waals surface area contributed by atoms with E-state index in [1.807, 2.05) is 19.9 Å². The third-order valence-electron chi connectivity index (χ3n) is 3.77. The third-order valence-corrected chi connectivity index (χ3v) is 3.77. The topological polar surface area (TPSA) is 98.8 Å². The monoisotopic (exact) mass is 339 g/mol. The molecule has 0 bridgehead atoms. The van der Waals surface area contributed by atoms with E-state index in [4.69, 9.17) is 9.68 Å². The smallest absolute Gasteiger partial charge is 0.289 e. The number of carbonyl (C=O) groups is 1. The Morgan fingerprint density at radius 1 is 1.40 bits per heavy atom. The molecule has 1 N–H and O–H groups in total. The maximum absolute atomic E-state index is 12.7. The van der Waals surface area contributed by atoms with Crippen molar-refractivity contribution in [2.75, 3.05) is 13.1 Å². The highest BCUT2D eigenvalue weighted by molar-refractivity contribution is 5.93. The number of hydrogen-bond donors (Lipinski definition) is 1. The molecule has 3 aromatic heterocycles. The standard InChI is InChI=1S/C18H19N5O2.H2/c1-12(2)10-23(9-3-7-19)18(24)15-5-4-14(25-15)16-13-6-8-20-17(13)22-11-21-16;/h4-6,8,11-12H,3,9-10H2,1-2H3,(H,20,21,22);1H. The van der Waals surface area contributed by atoms with E-state index in [0.29, 0.717) is 42.5 Å². The van der Waals surface area contributed by atoms with Crippen LogP contribution in [0.1, 0.15) is 32.2 Å². The SMILES string of the molecule is CC(C)CN(CCC#N)C(=O)c1ccc(-c2ncnc3[nH]ccc23)o1.[HH]. The van der Waals surface area contributed by atoms with Gasteiger partial charge >= 0.3 is 0 Å². The minimum Gasteiger partial charge on any atom is -0.449 e. The lowest BCUT2D eigenvalue weighted by Gasteiger charge is -2.22. The average molecular weight is 339 g/mol. The van der Waals surface area contributed by atoms with Crippen LogP contribution in [0.15, 0.2) is 35.1 Å². The molecular weight excluding hydrogens is 318 g/mol. The summed E-state index contributed by atoms with van der Waals surface area (Å²) in [6.45, 7) is 5.03. The van der Waals surface area contributed by atoms with Gasteiger partial charge in [0.1, 0.15) is 17.7 Å². The first-order valence-corrected chi connectivity index (χ1v) is 8.14. The summed E-state index contributed by atoms with van der Waals surface area (Å²) in [6, 6.07) is 7.34. The van der Waals surface area contributed by atoms with Crippen LogP contribution in [0.2, 0.25) is 0 Å². The van der Waals surface area contributed by atoms with E-state index in [2.05, 4.69) is 21.0 Å². The first kappa shape index (κ1) is 16.7. The first-order valence-electron chi connectivity index (χ1n) is 8.14. The van der Waals surface area contributed by atoms with Gasteiger partial charge in [-0.2, -0.15) is 5.26 Å². The van der Waals surface area contributed by atoms with Gasteiger partial charge in [-0.15, -0.1) is 0 Å². The Morgan fingerprint density at radius 2 is 2.24 bits per heavy atom. The summed E-state index contributed by atoms with van der Waals surface area (Å²) in [4.78, 5) is 25.8. The molecule has 25 heavy (non-hydrogen) atoms. The largest absolute Gasteiger partial charge is 0.449 e. The van der Waals surface area contributed by atoms with Crippen LogP contribution in [-0.4, -0.2) is 38.8 Å². The van der Waals surface area contributed by atoms with Crippen molar-refractivity contribution >= 4 is 16.9 Å². The summed E-state index contributed by atoms with van der Waals surface area (Å²) in [5.74, 6) is 0.851. The number of fused-ring (bicyclic) bond motifs is 1. The molecule has 0 unspecified atom stereocenters. The van der Waals surface area contributed by atoms with Gasteiger partial charge in [0.05, 0.1) is 12.5 Å². The molecule has 7 nitrogen and oxygen atoms in total. The zero-order valence-electron chi connectivity index (χ0n) is 14.2. The molecule has 3 aromatic rings. The van der Waals surface area contributed by atoms with E-state index in [-0.39, 0.29) is 13.1 Å². The number of nitrogens with one attached hydrogen (secondary N) is 1. The minimum absolute atomic E-state index is 0. The summed E-state index contributed by atoms with van der Waals surface area (Å²) in [5.41, 5.74) is 1.35. The van der Waals surface area contributed by atoms with Crippen molar-refractivity contribution < 1.29 is 10.6 Å². The van der Waals surface area contributed by atoms with Crippen LogP contribution in [0.3, 0.4) is 0 Å². The van der Waals surface area contributed by atoms with Crippen molar-refractivity contribution in [2.45, 2.75) is 20.3 Å². The molecule has 0 aliphatic carbocycles. The highest BCUT2D eigenvalue weighted by Gasteiger charge is 2.21. The van der Waals surface area contributed by atoms with Crippen LogP contribution in [0.5, 0.6) is 0 Å². The van der Waals surface area contributed by atoms with Gasteiger partial charge < -0.3 is 14.3 Å². The fourth-order valence-corrected chi connectivity index (χ4v) is 2.71. The van der Waals surface area contributed by atoms with Gasteiger partial charge in [-0.25, -0.2) is 9.97 Å². The number of carbonyl (C=O) groups excluding carboxylic acids is 1. The van der Waals surface area contributed by atoms with Crippen LogP contribution >= 0.6 is 0 Å². The summed E-state index contributed by atoms with van der Waals surface area (Å²) in [5, 5.41) is 9.64. The number of hydrogen-bond acceptors (Lipinski definition) is 5. The molecule has 3 heterocycles. The number of nitriles is 1. The highest BCUT2D eigenvalue weighted by atomic mass is 16.4. The summed E-state index contributed by atoms with van der Waals surface area (Å²) >= 11 is 0. The lowest BCUT2D eigenvalue weighted by Crippen LogP contribution is -2.34.